The van der Waals surface area contributed by atoms with E-state index in [1.807, 2.05) is 13.8 Å². The molecule has 26 heavy (non-hydrogen) atoms. The molecule has 140 valence electrons. The van der Waals surface area contributed by atoms with E-state index >= 15 is 0 Å². The number of terminal acetylenes is 1. The first-order chi connectivity index (χ1) is 12.1. The van der Waals surface area contributed by atoms with Crippen LogP contribution in [0.3, 0.4) is 0 Å². The number of carbonyl (C=O) groups is 1. The number of halogens is 5. The molecule has 2 atom stereocenters. The van der Waals surface area contributed by atoms with E-state index in [1.165, 1.54) is 6.08 Å². The Morgan fingerprint density at radius 2 is 1.85 bits per heavy atom. The van der Waals surface area contributed by atoms with E-state index in [0.717, 1.165) is 0 Å². The SMILES string of the molecule is C#Cc1c(F)c(F)c(COC(=O)[C@H]2[C@H](C=C(Cl)Cl)C2(C)C)c(CC)c1F. The molecule has 1 aliphatic carbocycles. The number of hydrogen-bond donors (Lipinski definition) is 0. The van der Waals surface area contributed by atoms with Gasteiger partial charge in [0.05, 0.1) is 11.5 Å². The van der Waals surface area contributed by atoms with Crippen LogP contribution in [0.15, 0.2) is 10.6 Å². The van der Waals surface area contributed by atoms with Gasteiger partial charge in [0.15, 0.2) is 11.6 Å². The van der Waals surface area contributed by atoms with Crippen LogP contribution >= 0.6 is 23.2 Å². The third-order valence-electron chi connectivity index (χ3n) is 4.85. The molecule has 1 aromatic carbocycles. The molecule has 2 nitrogen and oxygen atoms in total. The Morgan fingerprint density at radius 3 is 2.35 bits per heavy atom. The van der Waals surface area contributed by atoms with Gasteiger partial charge in [-0.3, -0.25) is 4.79 Å². The minimum absolute atomic E-state index is 0.0340. The minimum Gasteiger partial charge on any atom is -0.460 e. The van der Waals surface area contributed by atoms with Crippen molar-refractivity contribution >= 4 is 29.2 Å². The molecule has 0 aromatic heterocycles. The molecular weight excluding hydrogens is 388 g/mol. The summed E-state index contributed by atoms with van der Waals surface area (Å²) in [6.07, 6.45) is 6.64. The first kappa shape index (κ1) is 20.7. The van der Waals surface area contributed by atoms with Crippen molar-refractivity contribution in [3.05, 3.63) is 44.7 Å². The van der Waals surface area contributed by atoms with E-state index in [1.54, 1.807) is 12.8 Å². The van der Waals surface area contributed by atoms with Crippen molar-refractivity contribution < 1.29 is 22.7 Å². The fourth-order valence-electron chi connectivity index (χ4n) is 3.21. The van der Waals surface area contributed by atoms with Crippen LogP contribution in [0.1, 0.15) is 37.5 Å². The zero-order valence-corrected chi connectivity index (χ0v) is 15.9. The van der Waals surface area contributed by atoms with Crippen LogP contribution in [0.4, 0.5) is 13.2 Å². The van der Waals surface area contributed by atoms with Gasteiger partial charge in [0.2, 0.25) is 0 Å². The zero-order valence-electron chi connectivity index (χ0n) is 14.4. The number of carbonyl (C=O) groups excluding carboxylic acids is 1. The molecule has 1 saturated carbocycles. The van der Waals surface area contributed by atoms with E-state index < -0.39 is 46.9 Å². The Hall–Kier alpha value is -1.64. The summed E-state index contributed by atoms with van der Waals surface area (Å²) in [5, 5.41) is 0. The lowest BCUT2D eigenvalue weighted by molar-refractivity contribution is -0.147. The van der Waals surface area contributed by atoms with Gasteiger partial charge < -0.3 is 4.74 Å². The lowest BCUT2D eigenvalue weighted by atomic mass is 10.00. The molecule has 2 rings (SSSR count). The molecule has 0 heterocycles. The Balaban J connectivity index is 2.25. The molecule has 0 saturated heterocycles. The summed E-state index contributed by atoms with van der Waals surface area (Å²) in [6, 6.07) is 0. The molecule has 0 unspecified atom stereocenters. The quantitative estimate of drug-likeness (QED) is 0.379. The highest BCUT2D eigenvalue weighted by atomic mass is 35.5. The molecule has 1 aromatic rings. The van der Waals surface area contributed by atoms with Crippen LogP contribution in [0.25, 0.3) is 0 Å². The molecule has 0 amide bonds. The van der Waals surface area contributed by atoms with Crippen LogP contribution < -0.4 is 0 Å². The van der Waals surface area contributed by atoms with Crippen molar-refractivity contribution in [3.8, 4) is 12.3 Å². The molecular formula is C19H17Cl2F3O2. The van der Waals surface area contributed by atoms with Gasteiger partial charge in [-0.25, -0.2) is 13.2 Å². The molecule has 1 aliphatic rings. The highest BCUT2D eigenvalue weighted by Gasteiger charge is 2.61. The number of esters is 1. The summed E-state index contributed by atoms with van der Waals surface area (Å²) in [5.41, 5.74) is -1.65. The smallest absolute Gasteiger partial charge is 0.310 e. The summed E-state index contributed by atoms with van der Waals surface area (Å²) < 4.78 is 47.6. The fraction of sp³-hybridized carbons (Fsp3) is 0.421. The van der Waals surface area contributed by atoms with E-state index in [-0.39, 0.29) is 28.0 Å². The van der Waals surface area contributed by atoms with E-state index in [9.17, 15) is 18.0 Å². The highest BCUT2D eigenvalue weighted by Crippen LogP contribution is 2.60. The Bertz CT molecular complexity index is 821. The summed E-state index contributed by atoms with van der Waals surface area (Å²) >= 11 is 11.3. The van der Waals surface area contributed by atoms with Crippen molar-refractivity contribution in [2.75, 3.05) is 0 Å². The standard InChI is InChI=1S/C19H17Cl2F3O2/c1-5-9-11(17(24)16(23)10(6-2)15(9)22)8-26-18(25)14-12(7-13(20)21)19(14,3)4/h2,7,12,14H,5,8H2,1,3-4H3/t12-,14+/m0/s1. The second kappa shape index (κ2) is 7.54. The first-order valence-electron chi connectivity index (χ1n) is 7.92. The number of benzene rings is 1. The predicted molar refractivity (Wildman–Crippen MR) is 94.0 cm³/mol. The Labute approximate surface area is 160 Å². The molecule has 0 aliphatic heterocycles. The normalized spacial score (nSPS) is 20.3. The third-order valence-corrected chi connectivity index (χ3v) is 5.10. The Kier molecular flexibility index (Phi) is 5.99. The Morgan fingerprint density at radius 1 is 1.23 bits per heavy atom. The van der Waals surface area contributed by atoms with Gasteiger partial charge in [0, 0.05) is 5.56 Å². The highest BCUT2D eigenvalue weighted by molar-refractivity contribution is 6.55. The number of ether oxygens (including phenoxy) is 1. The molecule has 7 heteroatoms. The lowest BCUT2D eigenvalue weighted by Gasteiger charge is -2.14. The van der Waals surface area contributed by atoms with Crippen molar-refractivity contribution in [3.63, 3.8) is 0 Å². The van der Waals surface area contributed by atoms with Crippen LogP contribution in [0.5, 0.6) is 0 Å². The van der Waals surface area contributed by atoms with Crippen molar-refractivity contribution in [2.24, 2.45) is 17.3 Å². The maximum absolute atomic E-state index is 14.3. The van der Waals surface area contributed by atoms with Gasteiger partial charge in [-0.05, 0) is 29.4 Å². The minimum atomic E-state index is -1.46. The van der Waals surface area contributed by atoms with Crippen LogP contribution in [-0.4, -0.2) is 5.97 Å². The average molecular weight is 405 g/mol. The number of allylic oxidation sites excluding steroid dienone is 1. The molecule has 0 N–H and O–H groups in total. The van der Waals surface area contributed by atoms with Crippen molar-refractivity contribution in [2.45, 2.75) is 33.8 Å². The van der Waals surface area contributed by atoms with Crippen molar-refractivity contribution in [1.29, 1.82) is 0 Å². The largest absolute Gasteiger partial charge is 0.460 e. The van der Waals surface area contributed by atoms with Gasteiger partial charge in [-0.2, -0.15) is 0 Å². The predicted octanol–water partition coefficient (Wildman–Crippen LogP) is 5.28. The fourth-order valence-corrected chi connectivity index (χ4v) is 3.48. The van der Waals surface area contributed by atoms with Gasteiger partial charge >= 0.3 is 5.97 Å². The van der Waals surface area contributed by atoms with Gasteiger partial charge in [-0.1, -0.05) is 49.9 Å². The topological polar surface area (TPSA) is 26.3 Å². The second-order valence-electron chi connectivity index (χ2n) is 6.66. The number of rotatable bonds is 5. The first-order valence-corrected chi connectivity index (χ1v) is 8.67. The van der Waals surface area contributed by atoms with Gasteiger partial charge in [0.1, 0.15) is 16.9 Å². The molecule has 0 spiro atoms. The summed E-state index contributed by atoms with van der Waals surface area (Å²) in [4.78, 5) is 12.3. The van der Waals surface area contributed by atoms with Gasteiger partial charge in [-0.15, -0.1) is 6.42 Å². The van der Waals surface area contributed by atoms with Crippen LogP contribution in [-0.2, 0) is 22.6 Å². The molecule has 0 radical (unpaired) electrons. The summed E-state index contributed by atoms with van der Waals surface area (Å²) in [5.74, 6) is -3.35. The summed E-state index contributed by atoms with van der Waals surface area (Å²) in [6.45, 7) is 4.63. The monoisotopic (exact) mass is 404 g/mol. The molecule has 1 fully saturated rings. The molecule has 0 bridgehead atoms. The average Bonchev–Trinajstić information content (AvgIpc) is 3.09. The van der Waals surface area contributed by atoms with Crippen molar-refractivity contribution in [1.82, 2.24) is 0 Å². The zero-order chi connectivity index (χ0) is 19.8. The number of hydrogen-bond acceptors (Lipinski definition) is 2. The lowest BCUT2D eigenvalue weighted by Crippen LogP contribution is -2.14. The third kappa shape index (κ3) is 3.58. The van der Waals surface area contributed by atoms with Crippen LogP contribution in [0, 0.1) is 47.0 Å². The van der Waals surface area contributed by atoms with E-state index in [2.05, 4.69) is 0 Å². The van der Waals surface area contributed by atoms with Crippen LogP contribution in [0.2, 0.25) is 0 Å². The maximum atomic E-state index is 14.3. The summed E-state index contributed by atoms with van der Waals surface area (Å²) in [7, 11) is 0. The van der Waals surface area contributed by atoms with Gasteiger partial charge in [0.25, 0.3) is 0 Å². The van der Waals surface area contributed by atoms with E-state index in [0.29, 0.717) is 0 Å². The van der Waals surface area contributed by atoms with E-state index in [4.69, 9.17) is 34.4 Å². The second-order valence-corrected chi connectivity index (χ2v) is 7.67. The maximum Gasteiger partial charge on any atom is 0.310 e.